The summed E-state index contributed by atoms with van der Waals surface area (Å²) in [5, 5.41) is 1.55. The van der Waals surface area contributed by atoms with Gasteiger partial charge in [0, 0.05) is 47.3 Å². The Hall–Kier alpha value is -4.33. The summed E-state index contributed by atoms with van der Waals surface area (Å²) in [6.07, 6.45) is -0.447. The summed E-state index contributed by atoms with van der Waals surface area (Å²) in [5.41, 5.74) is 0.924. The molecule has 0 aliphatic rings. The predicted molar refractivity (Wildman–Crippen MR) is 130 cm³/mol. The van der Waals surface area contributed by atoms with E-state index in [9.17, 15) is 18.0 Å². The number of carbonyl (C=O) groups is 1. The fourth-order valence-corrected chi connectivity index (χ4v) is 4.36. The zero-order chi connectivity index (χ0) is 25.3. The quantitative estimate of drug-likeness (QED) is 0.252. The van der Waals surface area contributed by atoms with Crippen molar-refractivity contribution >= 4 is 27.6 Å². The molecular formula is C28H20F3N3O2. The van der Waals surface area contributed by atoms with Crippen molar-refractivity contribution in [1.82, 2.24) is 15.0 Å². The van der Waals surface area contributed by atoms with E-state index in [0.29, 0.717) is 33.3 Å². The van der Waals surface area contributed by atoms with Gasteiger partial charge in [-0.25, -0.2) is 0 Å². The number of rotatable bonds is 6. The molecule has 2 aromatic carbocycles. The normalized spacial score (nSPS) is 12.6. The Labute approximate surface area is 204 Å². The molecule has 5 aromatic rings. The number of alkyl halides is 3. The molecule has 1 atom stereocenters. The lowest BCUT2D eigenvalue weighted by molar-refractivity contribution is -0.138. The van der Waals surface area contributed by atoms with Crippen molar-refractivity contribution in [2.75, 3.05) is 7.11 Å². The highest BCUT2D eigenvalue weighted by molar-refractivity contribution is 6.00. The molecule has 0 radical (unpaired) electrons. The summed E-state index contributed by atoms with van der Waals surface area (Å²) in [4.78, 5) is 26.2. The Morgan fingerprint density at radius 3 is 2.50 bits per heavy atom. The number of ketones is 1. The van der Waals surface area contributed by atoms with Crippen molar-refractivity contribution in [2.24, 2.45) is 0 Å². The Kier molecular flexibility index (Phi) is 6.10. The maximum Gasteiger partial charge on any atom is 0.418 e. The molecular weight excluding hydrogens is 467 g/mol. The van der Waals surface area contributed by atoms with Crippen molar-refractivity contribution < 1.29 is 22.7 Å². The Morgan fingerprint density at radius 1 is 0.917 bits per heavy atom. The second kappa shape index (κ2) is 9.37. The largest absolute Gasteiger partial charge is 0.494 e. The fraction of sp³-hybridized carbons (Fsp3) is 0.143. The first-order chi connectivity index (χ1) is 17.3. The highest BCUT2D eigenvalue weighted by Crippen LogP contribution is 2.39. The number of aromatic nitrogens is 3. The minimum Gasteiger partial charge on any atom is -0.494 e. The highest BCUT2D eigenvalue weighted by Gasteiger charge is 2.37. The minimum absolute atomic E-state index is 0.221. The van der Waals surface area contributed by atoms with Gasteiger partial charge in [-0.05, 0) is 42.0 Å². The molecule has 5 nitrogen and oxygen atoms in total. The summed E-state index contributed by atoms with van der Waals surface area (Å²) in [7, 11) is 1.52. The van der Waals surface area contributed by atoms with E-state index in [1.165, 1.54) is 25.6 Å². The van der Waals surface area contributed by atoms with E-state index in [2.05, 4.69) is 15.0 Å². The first kappa shape index (κ1) is 23.4. The maximum atomic E-state index is 13.9. The minimum atomic E-state index is -4.63. The molecule has 3 heterocycles. The van der Waals surface area contributed by atoms with E-state index in [-0.39, 0.29) is 17.9 Å². The number of ether oxygens (including phenoxy) is 1. The molecule has 5 rings (SSSR count). The van der Waals surface area contributed by atoms with Crippen LogP contribution >= 0.6 is 0 Å². The molecule has 0 aliphatic carbocycles. The van der Waals surface area contributed by atoms with E-state index < -0.39 is 17.7 Å². The first-order valence-electron chi connectivity index (χ1n) is 11.2. The van der Waals surface area contributed by atoms with Crippen LogP contribution in [0.3, 0.4) is 0 Å². The van der Waals surface area contributed by atoms with Gasteiger partial charge in [0.05, 0.1) is 23.9 Å². The first-order valence-corrected chi connectivity index (χ1v) is 11.2. The molecule has 0 amide bonds. The molecule has 0 aliphatic heterocycles. The standard InChI is InChI=1S/C28H20F3N3O2/c1-36-25-8-2-5-19-13-20(16-34-26(19)25)21(27-22(28(29,30)31)7-4-12-33-27)15-24(35)18-10-9-17-6-3-11-32-23(17)14-18/h2-14,16,21H,15H2,1H3/t21-/m0/s1. The van der Waals surface area contributed by atoms with E-state index in [1.807, 2.05) is 6.07 Å². The Bertz CT molecular complexity index is 1580. The SMILES string of the molecule is COc1cccc2cc([C@H](CC(=O)c3ccc4cccnc4c3)c3ncccc3C(F)(F)F)cnc12. The maximum absolute atomic E-state index is 13.9. The van der Waals surface area contributed by atoms with Crippen LogP contribution in [0.15, 0.2) is 85.3 Å². The predicted octanol–water partition coefficient (Wildman–Crippen LogP) is 6.61. The van der Waals surface area contributed by atoms with Gasteiger partial charge in [-0.3, -0.25) is 19.7 Å². The van der Waals surface area contributed by atoms with E-state index in [1.54, 1.807) is 54.7 Å². The summed E-state index contributed by atoms with van der Waals surface area (Å²) < 4.78 is 47.2. The number of halogens is 3. The third-order valence-electron chi connectivity index (χ3n) is 6.11. The summed E-state index contributed by atoms with van der Waals surface area (Å²) >= 11 is 0. The van der Waals surface area contributed by atoms with Gasteiger partial charge in [-0.15, -0.1) is 0 Å². The summed E-state index contributed by atoms with van der Waals surface area (Å²) in [6, 6.07) is 18.0. The van der Waals surface area contributed by atoms with Crippen LogP contribution in [0, 0.1) is 0 Å². The van der Waals surface area contributed by atoms with Gasteiger partial charge >= 0.3 is 6.18 Å². The van der Waals surface area contributed by atoms with Crippen LogP contribution in [0.5, 0.6) is 5.75 Å². The number of nitrogens with zero attached hydrogens (tertiary/aromatic N) is 3. The number of Topliss-reactive ketones (excluding diaryl/α,β-unsaturated/α-hetero) is 1. The van der Waals surface area contributed by atoms with Gasteiger partial charge < -0.3 is 4.74 Å². The topological polar surface area (TPSA) is 65.0 Å². The van der Waals surface area contributed by atoms with Crippen LogP contribution in [0.25, 0.3) is 21.8 Å². The zero-order valence-electron chi connectivity index (χ0n) is 19.2. The van der Waals surface area contributed by atoms with E-state index in [4.69, 9.17) is 4.74 Å². The second-order valence-corrected chi connectivity index (χ2v) is 8.33. The number of para-hydroxylation sites is 1. The van der Waals surface area contributed by atoms with Crippen LogP contribution in [0.1, 0.15) is 39.5 Å². The molecule has 0 saturated heterocycles. The second-order valence-electron chi connectivity index (χ2n) is 8.33. The number of carbonyl (C=O) groups excluding carboxylic acids is 1. The van der Waals surface area contributed by atoms with Crippen LogP contribution in [0.4, 0.5) is 13.2 Å². The fourth-order valence-electron chi connectivity index (χ4n) is 4.36. The third kappa shape index (κ3) is 4.49. The monoisotopic (exact) mass is 487 g/mol. The summed E-state index contributed by atoms with van der Waals surface area (Å²) in [6.45, 7) is 0. The molecule has 0 N–H and O–H groups in total. The van der Waals surface area contributed by atoms with Crippen molar-refractivity contribution in [3.63, 3.8) is 0 Å². The molecule has 0 spiro atoms. The van der Waals surface area contributed by atoms with Gasteiger partial charge in [-0.2, -0.15) is 13.2 Å². The number of methoxy groups -OCH3 is 1. The smallest absolute Gasteiger partial charge is 0.418 e. The molecule has 0 saturated carbocycles. The van der Waals surface area contributed by atoms with Crippen LogP contribution in [0.2, 0.25) is 0 Å². The Balaban J connectivity index is 1.62. The lowest BCUT2D eigenvalue weighted by Gasteiger charge is -2.21. The molecule has 8 heteroatoms. The zero-order valence-corrected chi connectivity index (χ0v) is 19.2. The van der Waals surface area contributed by atoms with E-state index >= 15 is 0 Å². The van der Waals surface area contributed by atoms with Crippen LogP contribution in [-0.2, 0) is 6.18 Å². The van der Waals surface area contributed by atoms with Gasteiger partial charge in [0.1, 0.15) is 11.3 Å². The number of benzene rings is 2. The molecule has 3 aromatic heterocycles. The molecule has 0 fully saturated rings. The van der Waals surface area contributed by atoms with Crippen molar-refractivity contribution in [3.8, 4) is 5.75 Å². The summed E-state index contributed by atoms with van der Waals surface area (Å²) in [5.74, 6) is -0.751. The lowest BCUT2D eigenvalue weighted by atomic mass is 9.86. The van der Waals surface area contributed by atoms with Gasteiger partial charge in [0.25, 0.3) is 0 Å². The highest BCUT2D eigenvalue weighted by atomic mass is 19.4. The molecule has 180 valence electrons. The lowest BCUT2D eigenvalue weighted by Crippen LogP contribution is -2.17. The van der Waals surface area contributed by atoms with Crippen molar-refractivity contribution in [2.45, 2.75) is 18.5 Å². The molecule has 0 bridgehead atoms. The Morgan fingerprint density at radius 2 is 1.69 bits per heavy atom. The molecule has 0 unspecified atom stereocenters. The third-order valence-corrected chi connectivity index (χ3v) is 6.11. The van der Waals surface area contributed by atoms with Crippen molar-refractivity contribution in [3.05, 3.63) is 108 Å². The van der Waals surface area contributed by atoms with Gasteiger partial charge in [0.15, 0.2) is 5.78 Å². The van der Waals surface area contributed by atoms with Crippen LogP contribution < -0.4 is 4.74 Å². The number of pyridine rings is 3. The van der Waals surface area contributed by atoms with Crippen LogP contribution in [-0.4, -0.2) is 27.8 Å². The van der Waals surface area contributed by atoms with Crippen molar-refractivity contribution in [1.29, 1.82) is 0 Å². The van der Waals surface area contributed by atoms with Gasteiger partial charge in [0.2, 0.25) is 0 Å². The number of hydrogen-bond acceptors (Lipinski definition) is 5. The number of fused-ring (bicyclic) bond motifs is 2. The van der Waals surface area contributed by atoms with E-state index in [0.717, 1.165) is 11.5 Å². The average molecular weight is 487 g/mol. The molecule has 36 heavy (non-hydrogen) atoms. The average Bonchev–Trinajstić information content (AvgIpc) is 2.90. The van der Waals surface area contributed by atoms with Gasteiger partial charge in [-0.1, -0.05) is 30.3 Å². The number of hydrogen-bond donors (Lipinski definition) is 0.